The molecule has 46 heavy (non-hydrogen) atoms. The number of anilines is 3. The summed E-state index contributed by atoms with van der Waals surface area (Å²) in [5.74, 6) is -1.72. The first-order valence-corrected chi connectivity index (χ1v) is 15.8. The van der Waals surface area contributed by atoms with Crippen LogP contribution in [0.15, 0.2) is 60.0 Å². The fourth-order valence-electron chi connectivity index (χ4n) is 6.41. The number of piperazine rings is 1. The van der Waals surface area contributed by atoms with E-state index in [2.05, 4.69) is 20.9 Å². The number of carboxylic acids is 1. The number of rotatable bonds is 11. The lowest BCUT2D eigenvalue weighted by Gasteiger charge is -2.36. The normalized spacial score (nSPS) is 21.7. The van der Waals surface area contributed by atoms with Gasteiger partial charge in [-0.25, -0.2) is 8.78 Å². The maximum absolute atomic E-state index is 14.6. The third kappa shape index (κ3) is 8.62. The number of aliphatic carboxylic acids is 1. The van der Waals surface area contributed by atoms with Gasteiger partial charge in [0.2, 0.25) is 0 Å². The van der Waals surface area contributed by atoms with E-state index < -0.39 is 23.6 Å². The summed E-state index contributed by atoms with van der Waals surface area (Å²) in [5, 5.41) is 18.9. The molecule has 10 nitrogen and oxygen atoms in total. The van der Waals surface area contributed by atoms with Gasteiger partial charge < -0.3 is 31.1 Å². The van der Waals surface area contributed by atoms with Gasteiger partial charge in [0.25, 0.3) is 5.91 Å². The standard InChI is InChI=1S/C34H44F2N6O4/c1-34(36)19-23(16-24(35)20-34)15-22-3-6-29(37)28(17-22)32(38-2)40-33(45)27-5-4-26(18-30(27)39-25-7-13-46-14-8-25)42-11-9-41(10-12-42)21-31(43)44/h3-6,16-18,20,25,32,38-39H,7-15,19,21,37H2,1-2H3,(H,40,45)(H,43,44). The molecule has 2 saturated heterocycles. The molecular weight excluding hydrogens is 594 g/mol. The van der Waals surface area contributed by atoms with E-state index in [-0.39, 0.29) is 24.9 Å². The highest BCUT2D eigenvalue weighted by Gasteiger charge is 2.28. The number of alkyl halides is 1. The van der Waals surface area contributed by atoms with Gasteiger partial charge in [0, 0.05) is 74.5 Å². The van der Waals surface area contributed by atoms with Crippen LogP contribution in [0.25, 0.3) is 0 Å². The van der Waals surface area contributed by atoms with E-state index in [4.69, 9.17) is 15.6 Å². The second-order valence-corrected chi connectivity index (χ2v) is 12.5. The van der Waals surface area contributed by atoms with Crippen molar-refractivity contribution >= 4 is 28.9 Å². The summed E-state index contributed by atoms with van der Waals surface area (Å²) in [5.41, 5.74) is 9.35. The van der Waals surface area contributed by atoms with E-state index in [0.29, 0.717) is 73.9 Å². The quantitative estimate of drug-likeness (QED) is 0.182. The number of ether oxygens (including phenoxy) is 1. The average molecular weight is 639 g/mol. The third-order valence-corrected chi connectivity index (χ3v) is 8.74. The maximum atomic E-state index is 14.6. The molecule has 0 aromatic heterocycles. The molecule has 12 heteroatoms. The van der Waals surface area contributed by atoms with Crippen molar-refractivity contribution in [2.75, 3.05) is 68.9 Å². The van der Waals surface area contributed by atoms with Crippen LogP contribution in [-0.4, -0.2) is 86.6 Å². The molecule has 1 aliphatic carbocycles. The third-order valence-electron chi connectivity index (χ3n) is 8.74. The lowest BCUT2D eigenvalue weighted by molar-refractivity contribution is -0.138. The molecule has 0 radical (unpaired) electrons. The SMILES string of the molecule is CNC(NC(=O)c1ccc(N2CCN(CC(=O)O)CC2)cc1NC1CCOCC1)c1cc(CC2=CC(F)=CC(C)(F)C2)ccc1N. The maximum Gasteiger partial charge on any atom is 0.317 e. The molecule has 5 rings (SSSR count). The van der Waals surface area contributed by atoms with Crippen LogP contribution >= 0.6 is 0 Å². The number of halogens is 2. The largest absolute Gasteiger partial charge is 0.480 e. The fourth-order valence-corrected chi connectivity index (χ4v) is 6.41. The first-order valence-electron chi connectivity index (χ1n) is 15.8. The van der Waals surface area contributed by atoms with E-state index >= 15 is 0 Å². The van der Waals surface area contributed by atoms with Crippen molar-refractivity contribution in [3.63, 3.8) is 0 Å². The summed E-state index contributed by atoms with van der Waals surface area (Å²) < 4.78 is 34.2. The summed E-state index contributed by atoms with van der Waals surface area (Å²) in [6, 6.07) is 11.3. The van der Waals surface area contributed by atoms with Crippen molar-refractivity contribution in [1.82, 2.24) is 15.5 Å². The molecule has 3 aliphatic rings. The number of nitrogens with one attached hydrogen (secondary N) is 3. The van der Waals surface area contributed by atoms with Crippen LogP contribution in [0.5, 0.6) is 0 Å². The van der Waals surface area contributed by atoms with Crippen molar-refractivity contribution in [2.45, 2.75) is 50.5 Å². The van der Waals surface area contributed by atoms with Crippen molar-refractivity contribution in [1.29, 1.82) is 0 Å². The molecule has 0 spiro atoms. The molecule has 2 heterocycles. The van der Waals surface area contributed by atoms with E-state index in [0.717, 1.165) is 30.2 Å². The number of nitrogens with zero attached hydrogens (tertiary/aromatic N) is 2. The number of carboxylic acid groups (broad SMARTS) is 1. The number of amides is 1. The smallest absolute Gasteiger partial charge is 0.317 e. The van der Waals surface area contributed by atoms with Crippen molar-refractivity contribution in [2.24, 2.45) is 0 Å². The summed E-state index contributed by atoms with van der Waals surface area (Å²) in [4.78, 5) is 29.1. The number of carbonyl (C=O) groups is 2. The molecule has 2 fully saturated rings. The van der Waals surface area contributed by atoms with Crippen LogP contribution in [0.4, 0.5) is 25.8 Å². The van der Waals surface area contributed by atoms with Crippen molar-refractivity contribution < 1.29 is 28.2 Å². The lowest BCUT2D eigenvalue weighted by Crippen LogP contribution is -2.48. The number of nitrogen functional groups attached to an aromatic ring is 1. The molecule has 2 aliphatic heterocycles. The molecule has 2 atom stereocenters. The molecular formula is C34H44F2N6O4. The van der Waals surface area contributed by atoms with Crippen LogP contribution < -0.4 is 26.6 Å². The predicted molar refractivity (Wildman–Crippen MR) is 175 cm³/mol. The lowest BCUT2D eigenvalue weighted by atomic mass is 9.88. The molecule has 2 aromatic carbocycles. The van der Waals surface area contributed by atoms with Gasteiger partial charge in [-0.1, -0.05) is 11.6 Å². The Morgan fingerprint density at radius 1 is 1.13 bits per heavy atom. The average Bonchev–Trinajstić information content (AvgIpc) is 3.00. The van der Waals surface area contributed by atoms with Gasteiger partial charge in [-0.05, 0) is 81.3 Å². The number of hydrogen-bond donors (Lipinski definition) is 5. The predicted octanol–water partition coefficient (Wildman–Crippen LogP) is 4.17. The second-order valence-electron chi connectivity index (χ2n) is 12.5. The highest BCUT2D eigenvalue weighted by molar-refractivity contribution is 6.00. The first-order chi connectivity index (χ1) is 22.0. The minimum Gasteiger partial charge on any atom is -0.480 e. The minimum atomic E-state index is -1.74. The van der Waals surface area contributed by atoms with Gasteiger partial charge in [0.05, 0.1) is 12.1 Å². The highest BCUT2D eigenvalue weighted by atomic mass is 19.1. The molecule has 2 aromatic rings. The zero-order valence-electron chi connectivity index (χ0n) is 26.5. The number of nitrogens with two attached hydrogens (primary N) is 1. The van der Waals surface area contributed by atoms with E-state index in [1.165, 1.54) is 13.0 Å². The number of allylic oxidation sites excluding steroid dienone is 4. The summed E-state index contributed by atoms with van der Waals surface area (Å²) in [6.07, 6.45) is 3.83. The second kappa shape index (κ2) is 14.6. The van der Waals surface area contributed by atoms with Crippen LogP contribution in [0.2, 0.25) is 0 Å². The van der Waals surface area contributed by atoms with Crippen LogP contribution in [-0.2, 0) is 16.0 Å². The Morgan fingerprint density at radius 3 is 2.54 bits per heavy atom. The van der Waals surface area contributed by atoms with Crippen LogP contribution in [0, 0.1) is 0 Å². The van der Waals surface area contributed by atoms with Gasteiger partial charge in [-0.3, -0.25) is 19.8 Å². The van der Waals surface area contributed by atoms with E-state index in [1.54, 1.807) is 13.1 Å². The van der Waals surface area contributed by atoms with E-state index in [1.807, 2.05) is 35.2 Å². The number of hydrogen-bond acceptors (Lipinski definition) is 8. The Kier molecular flexibility index (Phi) is 10.6. The number of carbonyl (C=O) groups excluding carboxylic acids is 1. The molecule has 6 N–H and O–H groups in total. The molecule has 2 unspecified atom stereocenters. The Bertz CT molecular complexity index is 1480. The topological polar surface area (TPSA) is 132 Å². The number of benzene rings is 2. The molecule has 248 valence electrons. The zero-order chi connectivity index (χ0) is 32.8. The Balaban J connectivity index is 1.35. The molecule has 0 bridgehead atoms. The van der Waals surface area contributed by atoms with Gasteiger partial charge in [0.15, 0.2) is 0 Å². The fraction of sp³-hybridized carbons (Fsp3) is 0.471. The zero-order valence-corrected chi connectivity index (χ0v) is 26.5. The Labute approximate surface area is 268 Å². The molecule has 1 amide bonds. The monoisotopic (exact) mass is 638 g/mol. The van der Waals surface area contributed by atoms with Crippen LogP contribution in [0.3, 0.4) is 0 Å². The Hall–Kier alpha value is -4.00. The summed E-state index contributed by atoms with van der Waals surface area (Å²) in [6.45, 7) is 5.30. The first kappa shape index (κ1) is 33.4. The summed E-state index contributed by atoms with van der Waals surface area (Å²) in [7, 11) is 1.73. The van der Waals surface area contributed by atoms with Gasteiger partial charge in [0.1, 0.15) is 17.7 Å². The Morgan fingerprint density at radius 2 is 1.87 bits per heavy atom. The van der Waals surface area contributed by atoms with Gasteiger partial charge >= 0.3 is 5.97 Å². The van der Waals surface area contributed by atoms with E-state index in [9.17, 15) is 18.4 Å². The molecule has 0 saturated carbocycles. The minimum absolute atomic E-state index is 0.0222. The van der Waals surface area contributed by atoms with Gasteiger partial charge in [-0.2, -0.15) is 0 Å². The van der Waals surface area contributed by atoms with Gasteiger partial charge in [-0.15, -0.1) is 0 Å². The summed E-state index contributed by atoms with van der Waals surface area (Å²) >= 11 is 0. The highest BCUT2D eigenvalue weighted by Crippen LogP contribution is 2.33. The van der Waals surface area contributed by atoms with Crippen molar-refractivity contribution in [3.8, 4) is 0 Å². The van der Waals surface area contributed by atoms with Crippen LogP contribution in [0.1, 0.15) is 53.8 Å². The van der Waals surface area contributed by atoms with Crippen molar-refractivity contribution in [3.05, 3.63) is 76.6 Å².